The molecule has 3 heterocycles. The first-order chi connectivity index (χ1) is 19.0. The lowest BCUT2D eigenvalue weighted by molar-refractivity contribution is -0.119. The van der Waals surface area contributed by atoms with Crippen LogP contribution < -0.4 is 15.2 Å². The number of carbonyl (C=O) groups excluding carboxylic acids is 1. The third kappa shape index (κ3) is 6.53. The van der Waals surface area contributed by atoms with Crippen LogP contribution in [0.25, 0.3) is 21.0 Å². The van der Waals surface area contributed by atoms with E-state index in [1.54, 1.807) is 10.6 Å². The number of fused-ring (bicyclic) bond motifs is 2. The van der Waals surface area contributed by atoms with Gasteiger partial charge in [-0.15, -0.1) is 11.3 Å². The summed E-state index contributed by atoms with van der Waals surface area (Å²) in [5.74, 6) is 0.965. The van der Waals surface area contributed by atoms with Crippen LogP contribution in [0.2, 0.25) is 0 Å². The molecule has 5 rings (SSSR count). The number of thiophene rings is 1. The van der Waals surface area contributed by atoms with Crippen LogP contribution in [0.1, 0.15) is 52.0 Å². The lowest BCUT2D eigenvalue weighted by atomic mass is 10.1. The Hall–Kier alpha value is -3.16. The van der Waals surface area contributed by atoms with Crippen molar-refractivity contribution >= 4 is 43.8 Å². The van der Waals surface area contributed by atoms with E-state index < -0.39 is 0 Å². The number of benzene rings is 2. The van der Waals surface area contributed by atoms with Crippen LogP contribution in [-0.4, -0.2) is 54.6 Å². The van der Waals surface area contributed by atoms with Gasteiger partial charge in [-0.2, -0.15) is 0 Å². The summed E-state index contributed by atoms with van der Waals surface area (Å²) in [6.45, 7) is 9.98. The Bertz CT molecular complexity index is 1470. The van der Waals surface area contributed by atoms with Gasteiger partial charge < -0.3 is 14.2 Å². The van der Waals surface area contributed by atoms with Crippen LogP contribution in [-0.2, 0) is 4.79 Å². The second-order valence-electron chi connectivity index (χ2n) is 10.6. The van der Waals surface area contributed by atoms with E-state index in [2.05, 4.69) is 39.4 Å². The smallest absolute Gasteiger partial charge is 0.251 e. The van der Waals surface area contributed by atoms with Crippen LogP contribution in [0, 0.1) is 0 Å². The Kier molecular flexibility index (Phi) is 8.99. The number of aromatic nitrogens is 1. The molecule has 7 heteroatoms. The average Bonchev–Trinajstić information content (AvgIpc) is 3.42. The number of pyridine rings is 1. The summed E-state index contributed by atoms with van der Waals surface area (Å²) in [5, 5.41) is 4.53. The number of carbonyl (C=O) groups is 1. The van der Waals surface area contributed by atoms with Gasteiger partial charge in [-0.3, -0.25) is 14.5 Å². The molecule has 4 aromatic rings. The number of Topliss-reactive ketones (excluding diaryl/α,β-unsaturated/α-hetero) is 1. The number of unbranched alkanes of at least 4 members (excludes halogenated alkanes) is 1. The molecule has 0 saturated carbocycles. The van der Waals surface area contributed by atoms with E-state index in [4.69, 9.17) is 4.74 Å². The molecule has 39 heavy (non-hydrogen) atoms. The number of hydrogen-bond acceptors (Lipinski definition) is 6. The number of ketones is 1. The fraction of sp³-hybridized carbons (Fsp3) is 0.438. The molecule has 6 nitrogen and oxygen atoms in total. The summed E-state index contributed by atoms with van der Waals surface area (Å²) in [4.78, 5) is 30.0. The molecule has 2 aromatic carbocycles. The van der Waals surface area contributed by atoms with E-state index in [-0.39, 0.29) is 17.4 Å². The number of anilines is 1. The first-order valence-electron chi connectivity index (χ1n) is 14.3. The first-order valence-corrected chi connectivity index (χ1v) is 15.1. The van der Waals surface area contributed by atoms with Gasteiger partial charge in [-0.25, -0.2) is 0 Å². The first kappa shape index (κ1) is 27.4. The molecule has 206 valence electrons. The van der Waals surface area contributed by atoms with E-state index in [1.807, 2.05) is 49.4 Å². The van der Waals surface area contributed by atoms with E-state index in [9.17, 15) is 9.59 Å². The zero-order valence-electron chi connectivity index (χ0n) is 23.1. The molecule has 1 saturated heterocycles. The summed E-state index contributed by atoms with van der Waals surface area (Å²) < 4.78 is 9.20. The molecule has 0 radical (unpaired) electrons. The van der Waals surface area contributed by atoms with Crippen molar-refractivity contribution in [2.24, 2.45) is 0 Å². The highest BCUT2D eigenvalue weighted by molar-refractivity contribution is 7.17. The highest BCUT2D eigenvalue weighted by Gasteiger charge is 2.19. The summed E-state index contributed by atoms with van der Waals surface area (Å²) in [6.07, 6.45) is 3.83. The molecule has 1 atom stereocenters. The molecule has 2 aromatic heterocycles. The van der Waals surface area contributed by atoms with Gasteiger partial charge in [-0.1, -0.05) is 13.0 Å². The van der Waals surface area contributed by atoms with Crippen molar-refractivity contribution in [1.29, 1.82) is 0 Å². The minimum atomic E-state index is -0.186. The minimum absolute atomic E-state index is 0.0800. The Morgan fingerprint density at radius 3 is 2.67 bits per heavy atom. The topological polar surface area (TPSA) is 54.8 Å². The van der Waals surface area contributed by atoms with Gasteiger partial charge in [-0.05, 0) is 79.9 Å². The number of hydrogen-bond donors (Lipinski definition) is 0. The van der Waals surface area contributed by atoms with Gasteiger partial charge in [0.2, 0.25) is 0 Å². The summed E-state index contributed by atoms with van der Waals surface area (Å²) in [6, 6.07) is 18.0. The van der Waals surface area contributed by atoms with Crippen molar-refractivity contribution in [1.82, 2.24) is 9.47 Å². The summed E-state index contributed by atoms with van der Waals surface area (Å²) in [5.41, 5.74) is 2.11. The van der Waals surface area contributed by atoms with Gasteiger partial charge in [0.1, 0.15) is 11.5 Å². The van der Waals surface area contributed by atoms with Gasteiger partial charge in [0.15, 0.2) is 0 Å². The van der Waals surface area contributed by atoms with Gasteiger partial charge in [0.05, 0.1) is 12.1 Å². The predicted octanol–water partition coefficient (Wildman–Crippen LogP) is 6.52. The van der Waals surface area contributed by atoms with E-state index in [1.165, 1.54) is 15.8 Å². The van der Waals surface area contributed by atoms with Crippen molar-refractivity contribution < 1.29 is 9.53 Å². The molecule has 1 fully saturated rings. The molecule has 0 N–H and O–H groups in total. The minimum Gasteiger partial charge on any atom is -0.494 e. The van der Waals surface area contributed by atoms with E-state index in [0.29, 0.717) is 19.4 Å². The van der Waals surface area contributed by atoms with Gasteiger partial charge >= 0.3 is 0 Å². The maximum atomic E-state index is 12.7. The number of rotatable bonds is 12. The van der Waals surface area contributed by atoms with E-state index >= 15 is 0 Å². The highest BCUT2D eigenvalue weighted by atomic mass is 32.1. The quantitative estimate of drug-likeness (QED) is 0.190. The number of piperazine rings is 1. The molecule has 0 aliphatic carbocycles. The zero-order chi connectivity index (χ0) is 27.2. The Balaban J connectivity index is 1.10. The van der Waals surface area contributed by atoms with Gasteiger partial charge in [0.25, 0.3) is 5.56 Å². The maximum Gasteiger partial charge on any atom is 0.251 e. The van der Waals surface area contributed by atoms with Crippen LogP contribution >= 0.6 is 11.3 Å². The average molecular weight is 546 g/mol. The Morgan fingerprint density at radius 1 is 1.03 bits per heavy atom. The molecule has 1 aliphatic rings. The van der Waals surface area contributed by atoms with E-state index in [0.717, 1.165) is 68.6 Å². The maximum absolute atomic E-state index is 12.7. The molecule has 0 bridgehead atoms. The summed E-state index contributed by atoms with van der Waals surface area (Å²) in [7, 11) is 0. The third-order valence-corrected chi connectivity index (χ3v) is 8.60. The van der Waals surface area contributed by atoms with Crippen molar-refractivity contribution in [2.75, 3.05) is 44.2 Å². The molecular formula is C32H39N3O3S. The van der Waals surface area contributed by atoms with Crippen LogP contribution in [0.3, 0.4) is 0 Å². The Morgan fingerprint density at radius 2 is 1.85 bits per heavy atom. The standard InChI is InChI=1S/C32H39N3O3S/c1-3-7-26(36)22-24(2)35-30-23-27(12-10-25(30)11-13-32(35)37)38-20-5-4-15-33-16-18-34(19-17-33)29-8-6-9-31-28(29)14-21-39-31/h6,8-14,21,23-24H,3-5,7,15-20,22H2,1-2H3. The fourth-order valence-corrected chi connectivity index (χ4v) is 6.48. The predicted molar refractivity (Wildman–Crippen MR) is 163 cm³/mol. The largest absolute Gasteiger partial charge is 0.494 e. The van der Waals surface area contributed by atoms with Crippen molar-refractivity contribution in [3.8, 4) is 5.75 Å². The monoisotopic (exact) mass is 545 g/mol. The SMILES string of the molecule is CCCC(=O)CC(C)n1c(=O)ccc2ccc(OCCCCN3CCN(c4cccc5sccc45)CC3)cc21. The lowest BCUT2D eigenvalue weighted by Crippen LogP contribution is -2.46. The highest BCUT2D eigenvalue weighted by Crippen LogP contribution is 2.31. The van der Waals surface area contributed by atoms with Crippen LogP contribution in [0.15, 0.2) is 64.8 Å². The van der Waals surface area contributed by atoms with Crippen LogP contribution in [0.5, 0.6) is 5.75 Å². The second-order valence-corrected chi connectivity index (χ2v) is 11.5. The Labute approximate surface area is 234 Å². The molecular weight excluding hydrogens is 506 g/mol. The summed E-state index contributed by atoms with van der Waals surface area (Å²) >= 11 is 1.81. The van der Waals surface area contributed by atoms with Crippen molar-refractivity contribution in [3.63, 3.8) is 0 Å². The van der Waals surface area contributed by atoms with Crippen molar-refractivity contribution in [2.45, 2.75) is 52.0 Å². The lowest BCUT2D eigenvalue weighted by Gasteiger charge is -2.36. The fourth-order valence-electron chi connectivity index (χ4n) is 5.67. The molecule has 0 amide bonds. The molecule has 1 aliphatic heterocycles. The van der Waals surface area contributed by atoms with Gasteiger partial charge in [0, 0.05) is 73.0 Å². The molecule has 1 unspecified atom stereocenters. The number of ether oxygens (including phenoxy) is 1. The zero-order valence-corrected chi connectivity index (χ0v) is 23.9. The third-order valence-electron chi connectivity index (χ3n) is 7.72. The van der Waals surface area contributed by atoms with Crippen molar-refractivity contribution in [3.05, 3.63) is 70.3 Å². The number of nitrogens with zero attached hydrogens (tertiary/aromatic N) is 3. The molecule has 0 spiro atoms. The second kappa shape index (κ2) is 12.8. The normalized spacial score (nSPS) is 15.2. The van der Waals surface area contributed by atoms with Crippen LogP contribution in [0.4, 0.5) is 5.69 Å².